The van der Waals surface area contributed by atoms with E-state index >= 15 is 0 Å². The van der Waals surface area contributed by atoms with E-state index in [1.165, 1.54) is 0 Å². The standard InChI is InChI=1S/C18H22N8O2/c1-13-3-2-4-14(19-13)24-5-7-25(8-6-24)17-18(26-9-11-27-12-10-26)21-16-15(20-17)22-28-23-16/h2-4H,5-12H2,1H3. The highest BCUT2D eigenvalue weighted by Crippen LogP contribution is 2.29. The molecule has 2 fully saturated rings. The van der Waals surface area contributed by atoms with Gasteiger partial charge in [-0.1, -0.05) is 6.07 Å². The first kappa shape index (κ1) is 17.1. The number of hydrogen-bond donors (Lipinski definition) is 0. The molecule has 0 aliphatic carbocycles. The van der Waals surface area contributed by atoms with Gasteiger partial charge < -0.3 is 19.4 Å². The molecule has 5 rings (SSSR count). The Morgan fingerprint density at radius 3 is 2.00 bits per heavy atom. The molecule has 2 aliphatic heterocycles. The molecular weight excluding hydrogens is 360 g/mol. The van der Waals surface area contributed by atoms with E-state index in [9.17, 15) is 0 Å². The van der Waals surface area contributed by atoms with Gasteiger partial charge in [0, 0.05) is 45.0 Å². The van der Waals surface area contributed by atoms with Crippen molar-refractivity contribution in [2.75, 3.05) is 67.2 Å². The molecule has 0 amide bonds. The lowest BCUT2D eigenvalue weighted by molar-refractivity contribution is 0.122. The van der Waals surface area contributed by atoms with Crippen molar-refractivity contribution in [3.05, 3.63) is 23.9 Å². The van der Waals surface area contributed by atoms with Crippen LogP contribution in [-0.2, 0) is 4.74 Å². The number of hydrogen-bond acceptors (Lipinski definition) is 10. The molecule has 2 aliphatic rings. The Kier molecular flexibility index (Phi) is 4.40. The van der Waals surface area contributed by atoms with Gasteiger partial charge in [0.1, 0.15) is 5.82 Å². The van der Waals surface area contributed by atoms with Gasteiger partial charge >= 0.3 is 0 Å². The summed E-state index contributed by atoms with van der Waals surface area (Å²) in [5, 5.41) is 7.75. The van der Waals surface area contributed by atoms with Crippen LogP contribution < -0.4 is 14.7 Å². The van der Waals surface area contributed by atoms with Crippen LogP contribution in [-0.4, -0.2) is 77.7 Å². The molecule has 0 aromatic carbocycles. The summed E-state index contributed by atoms with van der Waals surface area (Å²) >= 11 is 0. The van der Waals surface area contributed by atoms with Crippen LogP contribution in [0.1, 0.15) is 5.69 Å². The number of rotatable bonds is 3. The highest BCUT2D eigenvalue weighted by molar-refractivity contribution is 5.75. The second kappa shape index (κ2) is 7.19. The molecule has 0 atom stereocenters. The first-order valence-corrected chi connectivity index (χ1v) is 9.54. The zero-order valence-electron chi connectivity index (χ0n) is 15.8. The van der Waals surface area contributed by atoms with E-state index < -0.39 is 0 Å². The zero-order chi connectivity index (χ0) is 18.9. The van der Waals surface area contributed by atoms with Crippen LogP contribution in [0.25, 0.3) is 11.3 Å². The van der Waals surface area contributed by atoms with E-state index in [1.807, 2.05) is 13.0 Å². The molecule has 10 heteroatoms. The average Bonchev–Trinajstić information content (AvgIpc) is 3.21. The Morgan fingerprint density at radius 1 is 0.750 bits per heavy atom. The van der Waals surface area contributed by atoms with Crippen molar-refractivity contribution in [1.82, 2.24) is 25.3 Å². The number of anilines is 3. The monoisotopic (exact) mass is 382 g/mol. The molecule has 0 saturated carbocycles. The number of aryl methyl sites for hydroxylation is 1. The van der Waals surface area contributed by atoms with Crippen LogP contribution in [0.5, 0.6) is 0 Å². The summed E-state index contributed by atoms with van der Waals surface area (Å²) in [5.74, 6) is 2.69. The summed E-state index contributed by atoms with van der Waals surface area (Å²) in [7, 11) is 0. The summed E-state index contributed by atoms with van der Waals surface area (Å²) in [5.41, 5.74) is 1.91. The van der Waals surface area contributed by atoms with Crippen molar-refractivity contribution in [2.24, 2.45) is 0 Å². The smallest absolute Gasteiger partial charge is 0.245 e. The van der Waals surface area contributed by atoms with Crippen LogP contribution in [0.2, 0.25) is 0 Å². The van der Waals surface area contributed by atoms with E-state index in [1.54, 1.807) is 0 Å². The van der Waals surface area contributed by atoms with Gasteiger partial charge in [-0.3, -0.25) is 0 Å². The third kappa shape index (κ3) is 3.19. The summed E-state index contributed by atoms with van der Waals surface area (Å²) in [6, 6.07) is 6.14. The first-order chi connectivity index (χ1) is 13.8. The molecule has 5 heterocycles. The van der Waals surface area contributed by atoms with Gasteiger partial charge in [0.15, 0.2) is 11.6 Å². The molecule has 2 saturated heterocycles. The van der Waals surface area contributed by atoms with Gasteiger partial charge in [0.05, 0.1) is 13.2 Å². The fourth-order valence-corrected chi connectivity index (χ4v) is 3.67. The van der Waals surface area contributed by atoms with E-state index in [0.29, 0.717) is 24.5 Å². The van der Waals surface area contributed by atoms with E-state index in [-0.39, 0.29) is 0 Å². The second-order valence-corrected chi connectivity index (χ2v) is 6.99. The Morgan fingerprint density at radius 2 is 1.36 bits per heavy atom. The van der Waals surface area contributed by atoms with Crippen LogP contribution in [0.3, 0.4) is 0 Å². The predicted octanol–water partition coefficient (Wildman–Crippen LogP) is 0.879. The number of pyridine rings is 1. The van der Waals surface area contributed by atoms with Crippen molar-refractivity contribution < 1.29 is 9.37 Å². The Balaban J connectivity index is 1.41. The fourth-order valence-electron chi connectivity index (χ4n) is 3.67. The van der Waals surface area contributed by atoms with E-state index in [0.717, 1.165) is 62.4 Å². The molecular formula is C18H22N8O2. The van der Waals surface area contributed by atoms with Gasteiger partial charge in [-0.2, -0.15) is 0 Å². The van der Waals surface area contributed by atoms with Gasteiger partial charge in [-0.05, 0) is 29.4 Å². The second-order valence-electron chi connectivity index (χ2n) is 6.99. The highest BCUT2D eigenvalue weighted by atomic mass is 16.6. The van der Waals surface area contributed by atoms with Gasteiger partial charge in [0.2, 0.25) is 11.3 Å². The lowest BCUT2D eigenvalue weighted by Crippen LogP contribution is -2.48. The molecule has 0 radical (unpaired) electrons. The molecule has 28 heavy (non-hydrogen) atoms. The van der Waals surface area contributed by atoms with Gasteiger partial charge in [-0.25, -0.2) is 19.6 Å². The predicted molar refractivity (Wildman–Crippen MR) is 104 cm³/mol. The molecule has 3 aromatic rings. The summed E-state index contributed by atoms with van der Waals surface area (Å²) in [6.45, 7) is 8.36. The lowest BCUT2D eigenvalue weighted by atomic mass is 10.2. The summed E-state index contributed by atoms with van der Waals surface area (Å²) < 4.78 is 10.3. The van der Waals surface area contributed by atoms with Crippen LogP contribution >= 0.6 is 0 Å². The number of piperazine rings is 1. The van der Waals surface area contributed by atoms with Crippen molar-refractivity contribution in [3.8, 4) is 0 Å². The zero-order valence-corrected chi connectivity index (χ0v) is 15.8. The van der Waals surface area contributed by atoms with E-state index in [4.69, 9.17) is 19.3 Å². The third-order valence-electron chi connectivity index (χ3n) is 5.17. The fraction of sp³-hybridized carbons (Fsp3) is 0.500. The number of aromatic nitrogens is 5. The van der Waals surface area contributed by atoms with Crippen LogP contribution in [0.15, 0.2) is 22.8 Å². The highest BCUT2D eigenvalue weighted by Gasteiger charge is 2.27. The Bertz CT molecular complexity index is 963. The molecule has 0 unspecified atom stereocenters. The van der Waals surface area contributed by atoms with Gasteiger partial charge in [0.25, 0.3) is 0 Å². The van der Waals surface area contributed by atoms with Crippen molar-refractivity contribution in [3.63, 3.8) is 0 Å². The molecule has 146 valence electrons. The summed E-state index contributed by atoms with van der Waals surface area (Å²) in [4.78, 5) is 20.8. The quantitative estimate of drug-likeness (QED) is 0.649. The maximum Gasteiger partial charge on any atom is 0.245 e. The van der Waals surface area contributed by atoms with Crippen molar-refractivity contribution in [1.29, 1.82) is 0 Å². The number of ether oxygens (including phenoxy) is 1. The lowest BCUT2D eigenvalue weighted by Gasteiger charge is -2.38. The Labute approximate surface area is 162 Å². The largest absolute Gasteiger partial charge is 0.378 e. The van der Waals surface area contributed by atoms with E-state index in [2.05, 4.69) is 42.1 Å². The van der Waals surface area contributed by atoms with Crippen LogP contribution in [0, 0.1) is 6.92 Å². The Hall–Kier alpha value is -3.01. The molecule has 0 bridgehead atoms. The molecule has 0 N–H and O–H groups in total. The topological polar surface area (TPSA) is 96.5 Å². The summed E-state index contributed by atoms with van der Waals surface area (Å²) in [6.07, 6.45) is 0. The minimum absolute atomic E-state index is 0.438. The number of nitrogens with zero attached hydrogens (tertiary/aromatic N) is 8. The number of morpholine rings is 1. The maximum atomic E-state index is 5.49. The van der Waals surface area contributed by atoms with Crippen molar-refractivity contribution in [2.45, 2.75) is 6.92 Å². The third-order valence-corrected chi connectivity index (χ3v) is 5.17. The molecule has 3 aromatic heterocycles. The molecule has 0 spiro atoms. The first-order valence-electron chi connectivity index (χ1n) is 9.54. The van der Waals surface area contributed by atoms with Crippen LogP contribution in [0.4, 0.5) is 17.5 Å². The average molecular weight is 382 g/mol. The van der Waals surface area contributed by atoms with Gasteiger partial charge in [-0.15, -0.1) is 0 Å². The minimum atomic E-state index is 0.438. The van der Waals surface area contributed by atoms with Crippen molar-refractivity contribution >= 4 is 28.7 Å². The number of fused-ring (bicyclic) bond motifs is 1. The maximum absolute atomic E-state index is 5.49. The minimum Gasteiger partial charge on any atom is -0.378 e. The normalized spacial score (nSPS) is 18.1. The molecule has 10 nitrogen and oxygen atoms in total. The SMILES string of the molecule is Cc1cccc(N2CCN(c3nc4nonc4nc3N3CCOCC3)CC2)n1.